The summed E-state index contributed by atoms with van der Waals surface area (Å²) < 4.78 is 6.21. The van der Waals surface area contributed by atoms with Gasteiger partial charge in [-0.2, -0.15) is 0 Å². The van der Waals surface area contributed by atoms with Crippen molar-refractivity contribution in [3.8, 4) is 0 Å². The molecule has 1 N–H and O–H groups in total. The third-order valence-corrected chi connectivity index (χ3v) is 8.73. The van der Waals surface area contributed by atoms with Gasteiger partial charge in [0.05, 0.1) is 11.4 Å². The van der Waals surface area contributed by atoms with Gasteiger partial charge in [0.15, 0.2) is 0 Å². The van der Waals surface area contributed by atoms with Gasteiger partial charge in [-0.25, -0.2) is 0 Å². The molecule has 0 unspecified atom stereocenters. The van der Waals surface area contributed by atoms with Gasteiger partial charge >= 0.3 is 0 Å². The Bertz CT molecular complexity index is 2380. The molecule has 1 heterocycles. The average Bonchev–Trinajstić information content (AvgIpc) is 3.55. The lowest BCUT2D eigenvalue weighted by molar-refractivity contribution is 0.669. The topological polar surface area (TPSA) is 31.7 Å². The van der Waals surface area contributed by atoms with E-state index in [4.69, 9.17) is 4.42 Å². The summed E-state index contributed by atoms with van der Waals surface area (Å²) >= 11 is 0. The zero-order chi connectivity index (χ0) is 33.7. The molecule has 0 spiro atoms. The van der Waals surface area contributed by atoms with Crippen LogP contribution in [0.5, 0.6) is 0 Å². The summed E-state index contributed by atoms with van der Waals surface area (Å²) in [5.41, 5.74) is 10.6. The minimum Gasteiger partial charge on any atom is -0.456 e. The quantitative estimate of drug-likeness (QED) is 0.150. The molecule has 0 aliphatic carbocycles. The predicted octanol–water partition coefficient (Wildman–Crippen LogP) is 13.2. The molecule has 0 aliphatic heterocycles. The Morgan fingerprint density at radius 1 is 0.520 bits per heavy atom. The number of fused-ring (bicyclic) bond motifs is 3. The number of nitrogens with one attached hydrogen (secondary N) is 1. The number of nitrogens with zero attached hydrogens (tertiary/aromatic N) is 2. The van der Waals surface area contributed by atoms with Crippen LogP contribution in [0.4, 0.5) is 39.8 Å². The molecule has 0 atom stereocenters. The smallest absolute Gasteiger partial charge is 0.135 e. The average molecular weight is 646 g/mol. The van der Waals surface area contributed by atoms with E-state index in [-0.39, 0.29) is 0 Å². The highest BCUT2D eigenvalue weighted by Crippen LogP contribution is 2.44. The summed E-state index contributed by atoms with van der Waals surface area (Å²) in [5.74, 6) is 0. The van der Waals surface area contributed by atoms with Gasteiger partial charge in [-0.1, -0.05) is 116 Å². The largest absolute Gasteiger partial charge is 0.456 e. The standard InChI is InChI=1S/C46H35N3O/c1-34(26-27-35-16-6-2-7-17-35)48(39-29-31-46-42(32-39)41-24-14-15-25-45(41)50-46)44-30-28-40(33-43(44)47-36-18-8-3-9-19-36)49(37-20-10-4-11-21-37)38-22-12-5-13-23-38/h2-33,47H,1H2/b27-26-. The molecular formula is C46H35N3O. The van der Waals surface area contributed by atoms with Gasteiger partial charge in [-0.3, -0.25) is 0 Å². The highest BCUT2D eigenvalue weighted by atomic mass is 16.3. The first-order valence-electron chi connectivity index (χ1n) is 16.7. The highest BCUT2D eigenvalue weighted by molar-refractivity contribution is 6.06. The fourth-order valence-electron chi connectivity index (χ4n) is 6.38. The van der Waals surface area contributed by atoms with Gasteiger partial charge in [0, 0.05) is 44.9 Å². The van der Waals surface area contributed by atoms with E-state index in [2.05, 4.69) is 155 Å². The van der Waals surface area contributed by atoms with E-state index in [1.54, 1.807) is 0 Å². The second-order valence-corrected chi connectivity index (χ2v) is 12.0. The van der Waals surface area contributed by atoms with Gasteiger partial charge in [-0.05, 0) is 90.5 Å². The Hall–Kier alpha value is -6.78. The van der Waals surface area contributed by atoms with E-state index >= 15 is 0 Å². The van der Waals surface area contributed by atoms with Crippen molar-refractivity contribution >= 4 is 67.8 Å². The Morgan fingerprint density at radius 2 is 1.10 bits per heavy atom. The maximum Gasteiger partial charge on any atom is 0.135 e. The maximum absolute atomic E-state index is 6.21. The van der Waals surface area contributed by atoms with Gasteiger partial charge in [0.25, 0.3) is 0 Å². The van der Waals surface area contributed by atoms with Gasteiger partial charge in [0.2, 0.25) is 0 Å². The molecule has 240 valence electrons. The molecule has 0 amide bonds. The number of anilines is 7. The molecule has 50 heavy (non-hydrogen) atoms. The monoisotopic (exact) mass is 645 g/mol. The van der Waals surface area contributed by atoms with Crippen LogP contribution in [-0.2, 0) is 0 Å². The summed E-state index contributed by atoms with van der Waals surface area (Å²) in [7, 11) is 0. The summed E-state index contributed by atoms with van der Waals surface area (Å²) in [6, 6.07) is 62.6. The number of hydrogen-bond acceptors (Lipinski definition) is 4. The van der Waals surface area contributed by atoms with Crippen LogP contribution < -0.4 is 15.1 Å². The van der Waals surface area contributed by atoms with Gasteiger partial charge in [-0.15, -0.1) is 0 Å². The van der Waals surface area contributed by atoms with Crippen molar-refractivity contribution in [3.05, 3.63) is 206 Å². The summed E-state index contributed by atoms with van der Waals surface area (Å²) in [4.78, 5) is 4.49. The van der Waals surface area contributed by atoms with Crippen molar-refractivity contribution in [3.63, 3.8) is 0 Å². The molecule has 7 aromatic carbocycles. The van der Waals surface area contributed by atoms with E-state index in [0.717, 1.165) is 73.0 Å². The van der Waals surface area contributed by atoms with Crippen molar-refractivity contribution in [2.45, 2.75) is 0 Å². The highest BCUT2D eigenvalue weighted by Gasteiger charge is 2.21. The number of allylic oxidation sites excluding steroid dienone is 1. The first-order chi connectivity index (χ1) is 24.7. The molecule has 0 fully saturated rings. The Morgan fingerprint density at radius 3 is 1.80 bits per heavy atom. The lowest BCUT2D eigenvalue weighted by Gasteiger charge is -2.31. The van der Waals surface area contributed by atoms with E-state index in [1.165, 1.54) is 0 Å². The molecule has 8 rings (SSSR count). The molecule has 8 aromatic rings. The molecule has 0 radical (unpaired) electrons. The van der Waals surface area contributed by atoms with E-state index in [0.29, 0.717) is 0 Å². The number of para-hydroxylation sites is 4. The lowest BCUT2D eigenvalue weighted by atomic mass is 10.1. The third kappa shape index (κ3) is 6.26. The van der Waals surface area contributed by atoms with Crippen LogP contribution in [0.15, 0.2) is 205 Å². The van der Waals surface area contributed by atoms with Gasteiger partial charge in [0.1, 0.15) is 11.2 Å². The first kappa shape index (κ1) is 30.5. The molecule has 0 saturated heterocycles. The number of benzene rings is 7. The minimum atomic E-state index is 0.813. The lowest BCUT2D eigenvalue weighted by Crippen LogP contribution is -2.17. The molecule has 0 aliphatic rings. The van der Waals surface area contributed by atoms with Crippen molar-refractivity contribution in [1.82, 2.24) is 0 Å². The number of furan rings is 1. The molecule has 4 nitrogen and oxygen atoms in total. The van der Waals surface area contributed by atoms with Crippen LogP contribution in [0.25, 0.3) is 28.0 Å². The van der Waals surface area contributed by atoms with Crippen molar-refractivity contribution in [2.24, 2.45) is 0 Å². The van der Waals surface area contributed by atoms with Crippen LogP contribution >= 0.6 is 0 Å². The summed E-state index contributed by atoms with van der Waals surface area (Å²) in [6.45, 7) is 4.63. The molecule has 1 aromatic heterocycles. The number of rotatable bonds is 10. The molecule has 0 saturated carbocycles. The third-order valence-electron chi connectivity index (χ3n) is 8.73. The Balaban J connectivity index is 1.32. The molecule has 0 bridgehead atoms. The van der Waals surface area contributed by atoms with Crippen LogP contribution in [0.3, 0.4) is 0 Å². The summed E-state index contributed by atoms with van der Waals surface area (Å²) in [6.07, 6.45) is 4.18. The Labute approximate surface area is 292 Å². The van der Waals surface area contributed by atoms with E-state index in [1.807, 2.05) is 60.7 Å². The minimum absolute atomic E-state index is 0.813. The van der Waals surface area contributed by atoms with Crippen LogP contribution in [-0.4, -0.2) is 0 Å². The maximum atomic E-state index is 6.21. The van der Waals surface area contributed by atoms with Crippen molar-refractivity contribution in [2.75, 3.05) is 15.1 Å². The van der Waals surface area contributed by atoms with Crippen LogP contribution in [0.2, 0.25) is 0 Å². The molecular weight excluding hydrogens is 611 g/mol. The zero-order valence-corrected chi connectivity index (χ0v) is 27.5. The first-order valence-corrected chi connectivity index (χ1v) is 16.7. The predicted molar refractivity (Wildman–Crippen MR) is 211 cm³/mol. The van der Waals surface area contributed by atoms with E-state index < -0.39 is 0 Å². The van der Waals surface area contributed by atoms with Crippen molar-refractivity contribution < 1.29 is 4.42 Å². The van der Waals surface area contributed by atoms with Crippen LogP contribution in [0, 0.1) is 0 Å². The SMILES string of the molecule is C=C(/C=C\c1ccccc1)N(c1ccc2oc3ccccc3c2c1)c1ccc(N(c2ccccc2)c2ccccc2)cc1Nc1ccccc1. The Kier molecular flexibility index (Phi) is 8.40. The van der Waals surface area contributed by atoms with Crippen molar-refractivity contribution in [1.29, 1.82) is 0 Å². The van der Waals surface area contributed by atoms with E-state index in [9.17, 15) is 0 Å². The fourth-order valence-corrected chi connectivity index (χ4v) is 6.38. The fraction of sp³-hybridized carbons (Fsp3) is 0. The van der Waals surface area contributed by atoms with Crippen LogP contribution in [0.1, 0.15) is 5.56 Å². The normalized spacial score (nSPS) is 11.2. The summed E-state index contributed by atoms with van der Waals surface area (Å²) in [5, 5.41) is 5.89. The second-order valence-electron chi connectivity index (χ2n) is 12.0. The van der Waals surface area contributed by atoms with Gasteiger partial charge < -0.3 is 19.5 Å². The molecule has 4 heteroatoms. The number of hydrogen-bond donors (Lipinski definition) is 1. The zero-order valence-electron chi connectivity index (χ0n) is 27.5. The second kappa shape index (κ2) is 13.8.